The van der Waals surface area contributed by atoms with Gasteiger partial charge in [-0.1, -0.05) is 30.3 Å². The monoisotopic (exact) mass is 373 g/mol. The normalized spacial score (nSPS) is 17.7. The Kier molecular flexibility index (Phi) is 6.30. The van der Waals surface area contributed by atoms with E-state index in [1.807, 2.05) is 37.3 Å². The molecule has 1 atom stereocenters. The molecular formula is C18H23N5O2S. The van der Waals surface area contributed by atoms with Gasteiger partial charge in [-0.15, -0.1) is 21.5 Å². The number of hydrogen-bond donors (Lipinski definition) is 2. The highest BCUT2D eigenvalue weighted by Crippen LogP contribution is 2.14. The van der Waals surface area contributed by atoms with Gasteiger partial charge in [0.25, 0.3) is 0 Å². The lowest BCUT2D eigenvalue weighted by molar-refractivity contribution is -0.134. The summed E-state index contributed by atoms with van der Waals surface area (Å²) in [5, 5.41) is 15.6. The second-order valence-electron chi connectivity index (χ2n) is 6.28. The second-order valence-corrected chi connectivity index (χ2v) is 7.55. The number of piperazine rings is 1. The van der Waals surface area contributed by atoms with Gasteiger partial charge in [-0.25, -0.2) is 0 Å². The van der Waals surface area contributed by atoms with E-state index >= 15 is 0 Å². The van der Waals surface area contributed by atoms with Gasteiger partial charge in [0.2, 0.25) is 11.8 Å². The van der Waals surface area contributed by atoms with Gasteiger partial charge in [0.1, 0.15) is 10.0 Å². The number of aromatic nitrogens is 2. The van der Waals surface area contributed by atoms with Crippen LogP contribution in [0.25, 0.3) is 0 Å². The molecule has 8 heteroatoms. The highest BCUT2D eigenvalue weighted by molar-refractivity contribution is 7.11. The van der Waals surface area contributed by atoms with Gasteiger partial charge in [-0.05, 0) is 12.5 Å². The number of hydrogen-bond acceptors (Lipinski definition) is 6. The lowest BCUT2D eigenvalue weighted by Crippen LogP contribution is -2.56. The molecule has 2 aromatic rings. The highest BCUT2D eigenvalue weighted by Gasteiger charge is 2.31. The Morgan fingerprint density at radius 3 is 2.88 bits per heavy atom. The van der Waals surface area contributed by atoms with Crippen molar-refractivity contribution < 1.29 is 9.59 Å². The summed E-state index contributed by atoms with van der Waals surface area (Å²) in [6.45, 7) is 4.42. The van der Waals surface area contributed by atoms with E-state index in [-0.39, 0.29) is 18.2 Å². The summed E-state index contributed by atoms with van der Waals surface area (Å²) in [5.41, 5.74) is 1.14. The predicted molar refractivity (Wildman–Crippen MR) is 99.6 cm³/mol. The van der Waals surface area contributed by atoms with Crippen molar-refractivity contribution in [3.05, 3.63) is 45.9 Å². The smallest absolute Gasteiger partial charge is 0.237 e. The first-order valence-electron chi connectivity index (χ1n) is 8.73. The number of rotatable bonds is 7. The van der Waals surface area contributed by atoms with Crippen LogP contribution in [0.3, 0.4) is 0 Å². The molecule has 2 amide bonds. The van der Waals surface area contributed by atoms with Crippen molar-refractivity contribution in [1.29, 1.82) is 0 Å². The second kappa shape index (κ2) is 8.86. The topological polar surface area (TPSA) is 87.2 Å². The van der Waals surface area contributed by atoms with Crippen molar-refractivity contribution in [3.8, 4) is 0 Å². The standard InChI is InChI=1S/C18H23N5O2S/c1-13-21-22-17(26-13)7-8-19-16(24)11-15-18(25)20-9-10-23(15)12-14-5-3-2-4-6-14/h2-6,15H,7-12H2,1H3,(H,19,24)(H,20,25). The first kappa shape index (κ1) is 18.5. The Morgan fingerprint density at radius 2 is 2.15 bits per heavy atom. The summed E-state index contributed by atoms with van der Waals surface area (Å²) in [6, 6.07) is 9.57. The van der Waals surface area contributed by atoms with Crippen molar-refractivity contribution >= 4 is 23.2 Å². The predicted octanol–water partition coefficient (Wildman–Crippen LogP) is 0.896. The molecule has 0 saturated carbocycles. The first-order valence-corrected chi connectivity index (χ1v) is 9.55. The molecule has 2 heterocycles. The molecule has 1 aliphatic heterocycles. The van der Waals surface area contributed by atoms with Crippen LogP contribution < -0.4 is 10.6 Å². The van der Waals surface area contributed by atoms with E-state index in [1.54, 1.807) is 0 Å². The van der Waals surface area contributed by atoms with E-state index in [0.717, 1.165) is 22.1 Å². The number of benzene rings is 1. The van der Waals surface area contributed by atoms with Gasteiger partial charge in [-0.2, -0.15) is 0 Å². The summed E-state index contributed by atoms with van der Waals surface area (Å²) in [4.78, 5) is 26.7. The Hall–Kier alpha value is -2.32. The first-order chi connectivity index (χ1) is 12.6. The van der Waals surface area contributed by atoms with Crippen LogP contribution >= 0.6 is 11.3 Å². The summed E-state index contributed by atoms with van der Waals surface area (Å²) < 4.78 is 0. The fraction of sp³-hybridized carbons (Fsp3) is 0.444. The number of nitrogens with one attached hydrogen (secondary N) is 2. The molecule has 1 unspecified atom stereocenters. The largest absolute Gasteiger partial charge is 0.356 e. The van der Waals surface area contributed by atoms with E-state index in [0.29, 0.717) is 26.1 Å². The highest BCUT2D eigenvalue weighted by atomic mass is 32.1. The van der Waals surface area contributed by atoms with E-state index < -0.39 is 6.04 Å². The maximum Gasteiger partial charge on any atom is 0.237 e. The third-order valence-electron chi connectivity index (χ3n) is 4.28. The number of nitrogens with zero attached hydrogens (tertiary/aromatic N) is 3. The molecule has 0 aliphatic carbocycles. The fourth-order valence-electron chi connectivity index (χ4n) is 2.99. The van der Waals surface area contributed by atoms with Crippen molar-refractivity contribution in [3.63, 3.8) is 0 Å². The zero-order chi connectivity index (χ0) is 18.4. The van der Waals surface area contributed by atoms with E-state index in [1.165, 1.54) is 11.3 Å². The fourth-order valence-corrected chi connectivity index (χ4v) is 3.69. The van der Waals surface area contributed by atoms with Crippen molar-refractivity contribution in [1.82, 2.24) is 25.7 Å². The average molecular weight is 373 g/mol. The maximum absolute atomic E-state index is 12.3. The van der Waals surface area contributed by atoms with Crippen LogP contribution in [0, 0.1) is 6.92 Å². The van der Waals surface area contributed by atoms with Gasteiger partial charge in [0.15, 0.2) is 0 Å². The van der Waals surface area contributed by atoms with E-state index in [2.05, 4.69) is 25.7 Å². The van der Waals surface area contributed by atoms with Gasteiger partial charge < -0.3 is 10.6 Å². The number of carbonyl (C=O) groups is 2. The van der Waals surface area contributed by atoms with Crippen LogP contribution in [0.1, 0.15) is 22.0 Å². The molecule has 26 heavy (non-hydrogen) atoms. The zero-order valence-electron chi connectivity index (χ0n) is 14.8. The molecular weight excluding hydrogens is 350 g/mol. The van der Waals surface area contributed by atoms with E-state index in [9.17, 15) is 9.59 Å². The molecule has 3 rings (SSSR count). The van der Waals surface area contributed by atoms with Crippen LogP contribution in [0.4, 0.5) is 0 Å². The minimum atomic E-state index is -0.437. The lowest BCUT2D eigenvalue weighted by atomic mass is 10.1. The number of carbonyl (C=O) groups excluding carboxylic acids is 2. The minimum absolute atomic E-state index is 0.0814. The molecule has 7 nitrogen and oxygen atoms in total. The quantitative estimate of drug-likeness (QED) is 0.753. The van der Waals surface area contributed by atoms with Crippen LogP contribution in [0.2, 0.25) is 0 Å². The van der Waals surface area contributed by atoms with Gasteiger partial charge in [0.05, 0.1) is 12.5 Å². The van der Waals surface area contributed by atoms with Crippen LogP contribution in [0.5, 0.6) is 0 Å². The van der Waals surface area contributed by atoms with Gasteiger partial charge in [0, 0.05) is 32.6 Å². The van der Waals surface area contributed by atoms with Crippen molar-refractivity contribution in [2.75, 3.05) is 19.6 Å². The third-order valence-corrected chi connectivity index (χ3v) is 5.18. The summed E-state index contributed by atoms with van der Waals surface area (Å²) in [7, 11) is 0. The van der Waals surface area contributed by atoms with Crippen molar-refractivity contribution in [2.24, 2.45) is 0 Å². The molecule has 1 aromatic carbocycles. The van der Waals surface area contributed by atoms with Gasteiger partial charge in [-0.3, -0.25) is 14.5 Å². The SMILES string of the molecule is Cc1nnc(CCNC(=O)CC2C(=O)NCCN2Cc2ccccc2)s1. The molecule has 1 aromatic heterocycles. The summed E-state index contributed by atoms with van der Waals surface area (Å²) in [5.74, 6) is -0.201. The Morgan fingerprint density at radius 1 is 1.35 bits per heavy atom. The van der Waals surface area contributed by atoms with E-state index in [4.69, 9.17) is 0 Å². The minimum Gasteiger partial charge on any atom is -0.356 e. The molecule has 0 spiro atoms. The molecule has 2 N–H and O–H groups in total. The summed E-state index contributed by atoms with van der Waals surface area (Å²) >= 11 is 1.53. The Balaban J connectivity index is 1.52. The van der Waals surface area contributed by atoms with Crippen LogP contribution in [0.15, 0.2) is 30.3 Å². The summed E-state index contributed by atoms with van der Waals surface area (Å²) in [6.07, 6.45) is 0.815. The van der Waals surface area contributed by atoms with Crippen LogP contribution in [-0.4, -0.2) is 52.6 Å². The molecule has 138 valence electrons. The van der Waals surface area contributed by atoms with Crippen molar-refractivity contribution in [2.45, 2.75) is 32.4 Å². The molecule has 1 aliphatic rings. The molecule has 1 fully saturated rings. The Labute approximate surface area is 156 Å². The average Bonchev–Trinajstić information content (AvgIpc) is 3.04. The number of amides is 2. The van der Waals surface area contributed by atoms with Gasteiger partial charge >= 0.3 is 0 Å². The molecule has 0 bridgehead atoms. The molecule has 1 saturated heterocycles. The molecule has 0 radical (unpaired) electrons. The lowest BCUT2D eigenvalue weighted by Gasteiger charge is -2.34. The van der Waals surface area contributed by atoms with Crippen LogP contribution in [-0.2, 0) is 22.6 Å². The Bertz CT molecular complexity index is 749. The number of aryl methyl sites for hydroxylation is 1. The maximum atomic E-state index is 12.3. The zero-order valence-corrected chi connectivity index (χ0v) is 15.6. The third kappa shape index (κ3) is 5.09.